The van der Waals surface area contributed by atoms with Crippen molar-refractivity contribution >= 4 is 28.1 Å². The summed E-state index contributed by atoms with van der Waals surface area (Å²) >= 11 is 8.80. The maximum Gasteiger partial charge on any atom is 0.144 e. The van der Waals surface area contributed by atoms with Gasteiger partial charge in [0, 0.05) is 12.8 Å². The molecule has 0 saturated carbocycles. The number of H-pyrrole nitrogens is 1. The maximum absolute atomic E-state index is 5.58. The highest BCUT2D eigenvalue weighted by Gasteiger charge is 2.29. The average Bonchev–Trinajstić information content (AvgIpc) is 2.21. The molecule has 1 aromatic rings. The van der Waals surface area contributed by atoms with Crippen LogP contribution in [0.1, 0.15) is 58.2 Å². The van der Waals surface area contributed by atoms with Crippen molar-refractivity contribution in [3.63, 3.8) is 0 Å². The third-order valence-electron chi connectivity index (χ3n) is 2.76. The van der Waals surface area contributed by atoms with E-state index >= 15 is 0 Å². The van der Waals surface area contributed by atoms with E-state index in [4.69, 9.17) is 17.0 Å². The van der Waals surface area contributed by atoms with Gasteiger partial charge in [-0.25, -0.2) is 4.98 Å². The smallest absolute Gasteiger partial charge is 0.144 e. The van der Waals surface area contributed by atoms with E-state index in [0.717, 1.165) is 16.0 Å². The molecule has 1 aromatic heterocycles. The largest absolute Gasteiger partial charge is 0.373 e. The van der Waals surface area contributed by atoms with Gasteiger partial charge in [0.1, 0.15) is 16.6 Å². The second-order valence-corrected chi connectivity index (χ2v) is 6.97. The van der Waals surface area contributed by atoms with Crippen LogP contribution in [0.15, 0.2) is 4.47 Å². The molecule has 0 aliphatic heterocycles. The third-order valence-corrected chi connectivity index (χ3v) is 4.12. The number of methoxy groups -OCH3 is 1. The fourth-order valence-corrected chi connectivity index (χ4v) is 2.75. The van der Waals surface area contributed by atoms with Gasteiger partial charge in [0.15, 0.2) is 0 Å². The number of nitrogens with zero attached hydrogens (tertiary/aromatic N) is 1. The molecular formula is C13H21BrN2OS. The third kappa shape index (κ3) is 3.39. The van der Waals surface area contributed by atoms with Crippen LogP contribution >= 0.6 is 28.1 Å². The molecule has 1 rings (SSSR count). The molecule has 0 amide bonds. The Morgan fingerprint density at radius 1 is 1.33 bits per heavy atom. The molecule has 0 radical (unpaired) electrons. The van der Waals surface area contributed by atoms with Gasteiger partial charge >= 0.3 is 0 Å². The number of ether oxygens (including phenoxy) is 1. The standard InChI is InChI=1S/C13H21BrN2OS/c1-7(2)9-8(14)12(18)16-11(15-9)10(17-6)13(3,4)5/h7,10H,1-6H3,(H,15,16,18). The molecule has 1 unspecified atom stereocenters. The summed E-state index contributed by atoms with van der Waals surface area (Å²) in [6, 6.07) is 0. The van der Waals surface area contributed by atoms with Crippen molar-refractivity contribution in [1.29, 1.82) is 0 Å². The lowest BCUT2D eigenvalue weighted by Gasteiger charge is -2.29. The first kappa shape index (κ1) is 15.8. The van der Waals surface area contributed by atoms with Crippen LogP contribution in [-0.4, -0.2) is 17.1 Å². The molecule has 0 bridgehead atoms. The van der Waals surface area contributed by atoms with Crippen LogP contribution in [0.2, 0.25) is 0 Å². The molecule has 1 N–H and O–H groups in total. The number of nitrogens with one attached hydrogen (secondary N) is 1. The molecule has 0 aromatic carbocycles. The summed E-state index contributed by atoms with van der Waals surface area (Å²) < 4.78 is 7.03. The van der Waals surface area contributed by atoms with Gasteiger partial charge in [0.2, 0.25) is 0 Å². The molecule has 1 atom stereocenters. The van der Waals surface area contributed by atoms with E-state index < -0.39 is 0 Å². The van der Waals surface area contributed by atoms with Crippen molar-refractivity contribution in [1.82, 2.24) is 9.97 Å². The minimum absolute atomic E-state index is 0.0396. The molecule has 102 valence electrons. The number of hydrogen-bond donors (Lipinski definition) is 1. The van der Waals surface area contributed by atoms with Crippen molar-refractivity contribution in [3.05, 3.63) is 20.6 Å². The Hall–Kier alpha value is -0.260. The average molecular weight is 333 g/mol. The van der Waals surface area contributed by atoms with E-state index in [9.17, 15) is 0 Å². The zero-order valence-electron chi connectivity index (χ0n) is 11.8. The van der Waals surface area contributed by atoms with E-state index in [0.29, 0.717) is 10.6 Å². The molecule has 0 fully saturated rings. The second kappa shape index (κ2) is 5.80. The topological polar surface area (TPSA) is 37.9 Å². The van der Waals surface area contributed by atoms with Gasteiger partial charge in [-0.1, -0.05) is 46.8 Å². The lowest BCUT2D eigenvalue weighted by molar-refractivity contribution is 0.00836. The minimum Gasteiger partial charge on any atom is -0.373 e. The number of halogens is 1. The molecule has 1 heterocycles. The highest BCUT2D eigenvalue weighted by atomic mass is 79.9. The predicted octanol–water partition coefficient (Wildman–Crippen LogP) is 4.76. The van der Waals surface area contributed by atoms with Crippen molar-refractivity contribution < 1.29 is 4.74 Å². The van der Waals surface area contributed by atoms with Crippen LogP contribution in [0, 0.1) is 10.1 Å². The summed E-state index contributed by atoms with van der Waals surface area (Å²) in [7, 11) is 1.70. The number of aromatic amines is 1. The number of rotatable bonds is 3. The van der Waals surface area contributed by atoms with Crippen LogP contribution in [0.4, 0.5) is 0 Å². The molecule has 5 heteroatoms. The first-order valence-electron chi connectivity index (χ1n) is 6.00. The molecular weight excluding hydrogens is 312 g/mol. The zero-order chi connectivity index (χ0) is 14.1. The monoisotopic (exact) mass is 332 g/mol. The molecule has 0 aliphatic carbocycles. The Morgan fingerprint density at radius 3 is 2.28 bits per heavy atom. The first-order chi connectivity index (χ1) is 8.18. The van der Waals surface area contributed by atoms with Gasteiger partial charge in [-0.15, -0.1) is 0 Å². The quantitative estimate of drug-likeness (QED) is 0.811. The molecule has 3 nitrogen and oxygen atoms in total. The van der Waals surface area contributed by atoms with E-state index in [2.05, 4.69) is 60.5 Å². The van der Waals surface area contributed by atoms with Crippen LogP contribution in [0.5, 0.6) is 0 Å². The number of hydrogen-bond acceptors (Lipinski definition) is 3. The minimum atomic E-state index is -0.107. The summed E-state index contributed by atoms with van der Waals surface area (Å²) in [5, 5.41) is 0. The van der Waals surface area contributed by atoms with Crippen molar-refractivity contribution in [2.75, 3.05) is 7.11 Å². The summed E-state index contributed by atoms with van der Waals surface area (Å²) in [6.45, 7) is 10.6. The zero-order valence-corrected chi connectivity index (χ0v) is 14.2. The highest BCUT2D eigenvalue weighted by molar-refractivity contribution is 9.10. The lowest BCUT2D eigenvalue weighted by Crippen LogP contribution is -2.23. The number of aromatic nitrogens is 2. The summed E-state index contributed by atoms with van der Waals surface area (Å²) in [4.78, 5) is 7.80. The molecule has 0 saturated heterocycles. The van der Waals surface area contributed by atoms with Crippen molar-refractivity contribution in [2.45, 2.75) is 46.6 Å². The fraction of sp³-hybridized carbons (Fsp3) is 0.692. The summed E-state index contributed by atoms with van der Waals surface area (Å²) in [6.07, 6.45) is -0.107. The first-order valence-corrected chi connectivity index (χ1v) is 7.21. The molecule has 0 spiro atoms. The normalized spacial score (nSPS) is 14.0. The van der Waals surface area contributed by atoms with Gasteiger partial charge < -0.3 is 9.72 Å². The fourth-order valence-electron chi connectivity index (χ4n) is 1.89. The van der Waals surface area contributed by atoms with Gasteiger partial charge in [0.05, 0.1) is 4.47 Å². The summed E-state index contributed by atoms with van der Waals surface area (Å²) in [5.41, 5.74) is 1.03. The summed E-state index contributed by atoms with van der Waals surface area (Å²) in [5.74, 6) is 1.14. The SMILES string of the molecule is COC(c1nc(=S)c(Br)c(C(C)C)[nH]1)C(C)(C)C. The lowest BCUT2D eigenvalue weighted by atomic mass is 9.88. The Kier molecular flexibility index (Phi) is 5.09. The molecule has 18 heavy (non-hydrogen) atoms. The highest BCUT2D eigenvalue weighted by Crippen LogP contribution is 2.35. The van der Waals surface area contributed by atoms with E-state index in [-0.39, 0.29) is 11.5 Å². The maximum atomic E-state index is 5.58. The Morgan fingerprint density at radius 2 is 1.89 bits per heavy atom. The van der Waals surface area contributed by atoms with Gasteiger partial charge in [0.25, 0.3) is 0 Å². The van der Waals surface area contributed by atoms with Gasteiger partial charge in [-0.05, 0) is 27.3 Å². The van der Waals surface area contributed by atoms with Crippen LogP contribution in [0.25, 0.3) is 0 Å². The van der Waals surface area contributed by atoms with Crippen LogP contribution in [-0.2, 0) is 4.74 Å². The Labute approximate surface area is 122 Å². The van der Waals surface area contributed by atoms with Gasteiger partial charge in [-0.3, -0.25) is 0 Å². The Bertz CT molecular complexity index is 477. The second-order valence-electron chi connectivity index (χ2n) is 5.79. The van der Waals surface area contributed by atoms with Gasteiger partial charge in [-0.2, -0.15) is 0 Å². The van der Waals surface area contributed by atoms with Crippen molar-refractivity contribution in [2.24, 2.45) is 5.41 Å². The Balaban J connectivity index is 3.38. The van der Waals surface area contributed by atoms with E-state index in [1.807, 2.05) is 0 Å². The van der Waals surface area contributed by atoms with Crippen LogP contribution in [0.3, 0.4) is 0 Å². The van der Waals surface area contributed by atoms with Crippen LogP contribution < -0.4 is 0 Å². The van der Waals surface area contributed by atoms with Crippen molar-refractivity contribution in [3.8, 4) is 0 Å². The van der Waals surface area contributed by atoms with E-state index in [1.165, 1.54) is 0 Å². The van der Waals surface area contributed by atoms with E-state index in [1.54, 1.807) is 7.11 Å². The molecule has 0 aliphatic rings. The predicted molar refractivity (Wildman–Crippen MR) is 80.4 cm³/mol.